The van der Waals surface area contributed by atoms with Crippen LogP contribution in [0.1, 0.15) is 33.2 Å². The SMILES string of the molecule is [2H]c1c([2H])c([2H])c2c(c1[2H])c1c([2H])c([2H])c([2H])c([2H])c1n2-c1ccc2c(c1)N(c1c(-c3ccccc3)cccc1-c1ccccc1)c1cc(-c3ccc4oc5ccccc5c4c3)cc3c1B2c1ccc2sc4ccc(-c5ccc6c(c5)-c5ccccc5C65c6ccccc6-c6ccccc65)cc4c2c1S3. The van der Waals surface area contributed by atoms with Gasteiger partial charge in [0, 0.05) is 79.7 Å². The Morgan fingerprint density at radius 1 is 0.371 bits per heavy atom. The van der Waals surface area contributed by atoms with Crippen LogP contribution in [0.4, 0.5) is 17.1 Å². The first-order valence-corrected chi connectivity index (χ1v) is 34.5. The summed E-state index contributed by atoms with van der Waals surface area (Å²) in [5, 5.41) is 4.42. The van der Waals surface area contributed by atoms with E-state index in [4.69, 9.17) is 7.16 Å². The Bertz CT molecular complexity index is 6780. The molecule has 0 saturated carbocycles. The first kappa shape index (κ1) is 46.4. The van der Waals surface area contributed by atoms with Crippen LogP contribution in [0.5, 0.6) is 0 Å². The third kappa shape index (κ3) is 7.43. The van der Waals surface area contributed by atoms with Gasteiger partial charge in [-0.3, -0.25) is 0 Å². The van der Waals surface area contributed by atoms with Crippen molar-refractivity contribution in [3.8, 4) is 72.4 Å². The van der Waals surface area contributed by atoms with Gasteiger partial charge >= 0.3 is 0 Å². The van der Waals surface area contributed by atoms with Crippen LogP contribution in [0, 0.1) is 0 Å². The number of rotatable bonds is 6. The Kier molecular flexibility index (Phi) is 9.66. The summed E-state index contributed by atoms with van der Waals surface area (Å²) in [6.07, 6.45) is 0. The molecule has 0 atom stereocenters. The first-order chi connectivity index (χ1) is 51.4. The molecular weight excluding hydrogens is 1210 g/mol. The summed E-state index contributed by atoms with van der Waals surface area (Å²) >= 11 is 3.64. The van der Waals surface area contributed by atoms with Gasteiger partial charge in [-0.05, 0) is 168 Å². The number of hydrogen-bond donors (Lipinski definition) is 0. The molecule has 2 aliphatic heterocycles. The summed E-state index contributed by atoms with van der Waals surface area (Å²) in [7, 11) is 0. The minimum Gasteiger partial charge on any atom is -0.456 e. The summed E-state index contributed by atoms with van der Waals surface area (Å²) in [5.41, 5.74) is 26.0. The van der Waals surface area contributed by atoms with E-state index >= 15 is 0 Å². The van der Waals surface area contributed by atoms with E-state index in [1.54, 1.807) is 4.57 Å². The number of anilines is 3. The molecule has 15 aromatic carbocycles. The largest absolute Gasteiger partial charge is 0.456 e. The predicted octanol–water partition coefficient (Wildman–Crippen LogP) is 22.8. The standard InChI is InChI=1S/C91H53BN2OS2/c1-3-20-54(21-4-1)61-30-19-31-62(55-22-5-2-6-23-55)89(61)94-80-53-60(93-78-35-16-10-27-66(78)67-28-11-17-36-79(67)93)41-43-76(80)92-77-44-47-85-87(90(77)97-86-52-59(51-81(94)88(86)92)58-39-45-83-70(49-58)68-29-12-18-37-82(68)95-83)71-50-57(40-46-84(71)96-85)56-38-42-75-69(48-56)65-26-9-15-34-74(65)91(75)72-32-13-7-24-63(72)64-25-8-14-33-73(64)91/h1-53H/i10D,11D,16D,17D,27D,28D,35D,36D. The number of thiophene rings is 1. The lowest BCUT2D eigenvalue weighted by molar-refractivity contribution is 0.669. The van der Waals surface area contributed by atoms with E-state index in [0.717, 1.165) is 110 Å². The lowest BCUT2D eigenvalue weighted by Crippen LogP contribution is -2.60. The fourth-order valence-electron chi connectivity index (χ4n) is 17.1. The minimum absolute atomic E-state index is 0.0186. The zero-order chi connectivity index (χ0) is 70.2. The van der Waals surface area contributed by atoms with Gasteiger partial charge < -0.3 is 13.9 Å². The van der Waals surface area contributed by atoms with Crippen LogP contribution in [-0.2, 0) is 5.41 Å². The van der Waals surface area contributed by atoms with Crippen molar-refractivity contribution in [3.63, 3.8) is 0 Å². The van der Waals surface area contributed by atoms with Gasteiger partial charge in [0.05, 0.1) is 33.1 Å². The van der Waals surface area contributed by atoms with Gasteiger partial charge in [-0.2, -0.15) is 0 Å². The molecule has 448 valence electrons. The third-order valence-corrected chi connectivity index (χ3v) is 23.5. The zero-order valence-corrected chi connectivity index (χ0v) is 53.3. The molecule has 97 heavy (non-hydrogen) atoms. The normalized spacial score (nSPS) is 14.7. The number of aromatic nitrogens is 1. The summed E-state index contributed by atoms with van der Waals surface area (Å²) < 4.78 is 85.2. The average molecular weight is 1270 g/mol. The summed E-state index contributed by atoms with van der Waals surface area (Å²) in [4.78, 5) is 4.65. The van der Waals surface area contributed by atoms with Crippen LogP contribution in [0.3, 0.4) is 0 Å². The molecule has 0 N–H and O–H groups in total. The number of nitrogens with zero attached hydrogens (tertiary/aromatic N) is 2. The van der Waals surface area contributed by atoms with Crippen molar-refractivity contribution in [2.45, 2.75) is 15.2 Å². The molecule has 22 rings (SSSR count). The Balaban J connectivity index is 0.821. The molecule has 6 heteroatoms. The Morgan fingerprint density at radius 3 is 1.65 bits per heavy atom. The second kappa shape index (κ2) is 20.2. The maximum Gasteiger partial charge on any atom is 0.249 e. The molecule has 0 amide bonds. The van der Waals surface area contributed by atoms with Gasteiger partial charge in [0.1, 0.15) is 11.2 Å². The van der Waals surface area contributed by atoms with Crippen LogP contribution in [0.2, 0.25) is 0 Å². The molecule has 0 fully saturated rings. The predicted molar refractivity (Wildman–Crippen MR) is 409 cm³/mol. The highest BCUT2D eigenvalue weighted by Crippen LogP contribution is 2.63. The second-order valence-electron chi connectivity index (χ2n) is 25.9. The highest BCUT2D eigenvalue weighted by atomic mass is 32.2. The maximum atomic E-state index is 9.72. The molecule has 3 aromatic heterocycles. The highest BCUT2D eigenvalue weighted by Gasteiger charge is 2.52. The number of furan rings is 1. The number of hydrogen-bond acceptors (Lipinski definition) is 4. The van der Waals surface area contributed by atoms with Gasteiger partial charge in [0.25, 0.3) is 0 Å². The van der Waals surface area contributed by atoms with E-state index in [2.05, 4.69) is 248 Å². The topological polar surface area (TPSA) is 21.3 Å². The van der Waals surface area contributed by atoms with E-state index in [0.29, 0.717) is 5.69 Å². The third-order valence-electron chi connectivity index (χ3n) is 21.1. The zero-order valence-electron chi connectivity index (χ0n) is 59.7. The number of benzene rings is 15. The number of para-hydroxylation sites is 4. The molecule has 18 aromatic rings. The molecule has 0 unspecified atom stereocenters. The van der Waals surface area contributed by atoms with E-state index in [-0.39, 0.29) is 52.7 Å². The average Bonchev–Trinajstić information content (AvgIpc) is 1.38. The van der Waals surface area contributed by atoms with Crippen molar-refractivity contribution in [1.29, 1.82) is 0 Å². The lowest BCUT2D eigenvalue weighted by atomic mass is 9.34. The minimum atomic E-state index is -0.493. The van der Waals surface area contributed by atoms with E-state index in [1.807, 2.05) is 53.4 Å². The molecule has 0 radical (unpaired) electrons. The van der Waals surface area contributed by atoms with Gasteiger partial charge in [0.15, 0.2) is 0 Å². The molecule has 0 saturated heterocycles. The highest BCUT2D eigenvalue weighted by molar-refractivity contribution is 8.00. The quantitative estimate of drug-likeness (QED) is 0.155. The smallest absolute Gasteiger partial charge is 0.249 e. The summed E-state index contributed by atoms with van der Waals surface area (Å²) in [5.74, 6) is 0. The van der Waals surface area contributed by atoms with E-state index in [1.165, 1.54) is 64.7 Å². The van der Waals surface area contributed by atoms with Gasteiger partial charge in [-0.15, -0.1) is 11.3 Å². The van der Waals surface area contributed by atoms with Gasteiger partial charge in [0.2, 0.25) is 6.71 Å². The van der Waals surface area contributed by atoms with Crippen LogP contribution in [-0.4, -0.2) is 11.3 Å². The van der Waals surface area contributed by atoms with Crippen molar-refractivity contribution >= 4 is 127 Å². The molecule has 2 aliphatic carbocycles. The van der Waals surface area contributed by atoms with E-state index in [9.17, 15) is 8.22 Å². The van der Waals surface area contributed by atoms with Crippen molar-refractivity contribution in [2.24, 2.45) is 0 Å². The van der Waals surface area contributed by atoms with Crippen molar-refractivity contribution in [2.75, 3.05) is 4.90 Å². The van der Waals surface area contributed by atoms with E-state index < -0.39 is 29.6 Å². The van der Waals surface area contributed by atoms with Crippen molar-refractivity contribution in [3.05, 3.63) is 344 Å². The second-order valence-corrected chi connectivity index (χ2v) is 28.0. The van der Waals surface area contributed by atoms with Crippen LogP contribution < -0.4 is 21.3 Å². The first-order valence-electron chi connectivity index (χ1n) is 36.8. The van der Waals surface area contributed by atoms with Crippen molar-refractivity contribution < 1.29 is 15.4 Å². The molecule has 0 bridgehead atoms. The maximum absolute atomic E-state index is 9.72. The van der Waals surface area contributed by atoms with Crippen LogP contribution in [0.15, 0.2) is 336 Å². The Hall–Kier alpha value is -11.7. The fourth-order valence-corrected chi connectivity index (χ4v) is 19.6. The Labute approximate surface area is 579 Å². The summed E-state index contributed by atoms with van der Waals surface area (Å²) in [6, 6.07) is 95.3. The molecular formula is C91H53BN2OS2. The van der Waals surface area contributed by atoms with Crippen LogP contribution in [0.25, 0.3) is 136 Å². The summed E-state index contributed by atoms with van der Waals surface area (Å²) in [6.45, 7) is -0.379. The van der Waals surface area contributed by atoms with Gasteiger partial charge in [-0.25, -0.2) is 0 Å². The monoisotopic (exact) mass is 1270 g/mol. The Morgan fingerprint density at radius 2 is 0.928 bits per heavy atom. The number of fused-ring (bicyclic) bond motifs is 24. The molecule has 1 spiro atoms. The lowest BCUT2D eigenvalue weighted by Gasteiger charge is -2.42. The van der Waals surface area contributed by atoms with Gasteiger partial charge in [-0.1, -0.05) is 260 Å². The molecule has 3 nitrogen and oxygen atoms in total. The van der Waals surface area contributed by atoms with Crippen LogP contribution >= 0.6 is 23.1 Å². The van der Waals surface area contributed by atoms with Crippen molar-refractivity contribution in [1.82, 2.24) is 4.57 Å². The fraction of sp³-hybridized carbons (Fsp3) is 0.0110. The molecule has 4 aliphatic rings. The molecule has 5 heterocycles.